The smallest absolute Gasteiger partial charge is 0.157 e. The van der Waals surface area contributed by atoms with Crippen LogP contribution < -0.4 is 14.4 Å². The highest BCUT2D eigenvalue weighted by Crippen LogP contribution is 2.33. The molecule has 0 radical (unpaired) electrons. The van der Waals surface area contributed by atoms with Gasteiger partial charge in [0.15, 0.2) is 5.75 Å². The lowest BCUT2D eigenvalue weighted by atomic mass is 10.1. The summed E-state index contributed by atoms with van der Waals surface area (Å²) in [7, 11) is 1.66. The van der Waals surface area contributed by atoms with Crippen LogP contribution in [0.25, 0.3) is 10.8 Å². The van der Waals surface area contributed by atoms with Gasteiger partial charge in [0, 0.05) is 30.1 Å². The van der Waals surface area contributed by atoms with E-state index in [-0.39, 0.29) is 6.10 Å². The molecule has 2 atom stereocenters. The van der Waals surface area contributed by atoms with Crippen LogP contribution in [0.4, 0.5) is 5.82 Å². The maximum absolute atomic E-state index is 10.5. The van der Waals surface area contributed by atoms with E-state index in [9.17, 15) is 5.11 Å². The van der Waals surface area contributed by atoms with Crippen molar-refractivity contribution in [2.45, 2.75) is 25.7 Å². The molecule has 26 heavy (non-hydrogen) atoms. The van der Waals surface area contributed by atoms with E-state index in [0.717, 1.165) is 28.9 Å². The van der Waals surface area contributed by atoms with Crippen LogP contribution in [0.3, 0.4) is 0 Å². The zero-order valence-electron chi connectivity index (χ0n) is 14.9. The zero-order valence-corrected chi connectivity index (χ0v) is 14.9. The van der Waals surface area contributed by atoms with Gasteiger partial charge in [-0.05, 0) is 19.1 Å². The Labute approximate surface area is 151 Å². The van der Waals surface area contributed by atoms with Crippen molar-refractivity contribution >= 4 is 16.6 Å². The standard InChI is InChI=1S/C19H22N4O3/c1-3-23-10-13(9-21-23)26-18-12-22(11-16(18)24)19-15-5-4-6-17(25-2)14(15)7-8-20-19/h4-10,16,18,24H,3,11-12H2,1-2H3/t16-,18-/m1/s1. The van der Waals surface area contributed by atoms with Gasteiger partial charge in [-0.3, -0.25) is 4.68 Å². The van der Waals surface area contributed by atoms with E-state index >= 15 is 0 Å². The Morgan fingerprint density at radius 3 is 2.88 bits per heavy atom. The molecule has 1 aliphatic heterocycles. The van der Waals surface area contributed by atoms with E-state index in [4.69, 9.17) is 9.47 Å². The normalized spacial score (nSPS) is 19.9. The van der Waals surface area contributed by atoms with Crippen molar-refractivity contribution in [1.82, 2.24) is 14.8 Å². The number of hydrogen-bond acceptors (Lipinski definition) is 6. The second kappa shape index (κ2) is 6.84. The summed E-state index contributed by atoms with van der Waals surface area (Å²) in [6, 6.07) is 7.84. The molecule has 1 saturated heterocycles. The number of ether oxygens (including phenoxy) is 2. The summed E-state index contributed by atoms with van der Waals surface area (Å²) in [6.07, 6.45) is 4.37. The van der Waals surface area contributed by atoms with Gasteiger partial charge in [-0.25, -0.2) is 4.98 Å². The van der Waals surface area contributed by atoms with E-state index in [1.165, 1.54) is 0 Å². The molecular weight excluding hydrogens is 332 g/mol. The molecule has 3 aromatic rings. The van der Waals surface area contributed by atoms with Gasteiger partial charge in [0.25, 0.3) is 0 Å². The van der Waals surface area contributed by atoms with Crippen LogP contribution >= 0.6 is 0 Å². The van der Waals surface area contributed by atoms with Crippen molar-refractivity contribution in [3.63, 3.8) is 0 Å². The first-order valence-corrected chi connectivity index (χ1v) is 8.73. The number of aryl methyl sites for hydroxylation is 1. The second-order valence-corrected chi connectivity index (χ2v) is 6.35. The Morgan fingerprint density at radius 1 is 1.23 bits per heavy atom. The zero-order chi connectivity index (χ0) is 18.1. The highest BCUT2D eigenvalue weighted by atomic mass is 16.5. The SMILES string of the molecule is CCn1cc(O[C@@H]2CN(c3nccc4c(OC)cccc34)C[C@H]2O)cn1. The Balaban J connectivity index is 1.59. The minimum Gasteiger partial charge on any atom is -0.496 e. The highest BCUT2D eigenvalue weighted by Gasteiger charge is 2.34. The molecule has 7 nitrogen and oxygen atoms in total. The maximum Gasteiger partial charge on any atom is 0.157 e. The topological polar surface area (TPSA) is 72.6 Å². The predicted molar refractivity (Wildman–Crippen MR) is 98.8 cm³/mol. The number of aromatic nitrogens is 3. The second-order valence-electron chi connectivity index (χ2n) is 6.35. The minimum absolute atomic E-state index is 0.327. The summed E-state index contributed by atoms with van der Waals surface area (Å²) < 4.78 is 13.2. The van der Waals surface area contributed by atoms with Crippen LogP contribution in [0, 0.1) is 0 Å². The molecule has 2 aromatic heterocycles. The number of fused-ring (bicyclic) bond motifs is 1. The first kappa shape index (κ1) is 16.7. The lowest BCUT2D eigenvalue weighted by molar-refractivity contribution is 0.0737. The number of aliphatic hydroxyl groups is 1. The molecule has 0 amide bonds. The third-order valence-electron chi connectivity index (χ3n) is 4.72. The van der Waals surface area contributed by atoms with Crippen LogP contribution in [0.1, 0.15) is 6.92 Å². The third-order valence-corrected chi connectivity index (χ3v) is 4.72. The van der Waals surface area contributed by atoms with Gasteiger partial charge < -0.3 is 19.5 Å². The third kappa shape index (κ3) is 2.94. The first-order chi connectivity index (χ1) is 12.7. The predicted octanol–water partition coefficient (Wildman–Crippen LogP) is 2.09. The minimum atomic E-state index is -0.595. The maximum atomic E-state index is 10.5. The van der Waals surface area contributed by atoms with E-state index in [1.807, 2.05) is 37.4 Å². The Hall–Kier alpha value is -2.80. The summed E-state index contributed by atoms with van der Waals surface area (Å²) in [4.78, 5) is 6.60. The number of hydrogen-bond donors (Lipinski definition) is 1. The quantitative estimate of drug-likeness (QED) is 0.756. The molecule has 0 unspecified atom stereocenters. The van der Waals surface area contributed by atoms with E-state index in [2.05, 4.69) is 15.0 Å². The van der Waals surface area contributed by atoms with E-state index in [0.29, 0.717) is 18.8 Å². The number of benzene rings is 1. The van der Waals surface area contributed by atoms with Crippen molar-refractivity contribution < 1.29 is 14.6 Å². The molecule has 7 heteroatoms. The number of β-amino-alcohol motifs (C(OH)–C–C–N with tert-alkyl or cyclic N) is 1. The first-order valence-electron chi connectivity index (χ1n) is 8.73. The van der Waals surface area contributed by atoms with Gasteiger partial charge in [-0.2, -0.15) is 5.10 Å². The van der Waals surface area contributed by atoms with Crippen molar-refractivity contribution in [3.05, 3.63) is 42.9 Å². The molecule has 1 aromatic carbocycles. The summed E-state index contributed by atoms with van der Waals surface area (Å²) in [5.41, 5.74) is 0. The number of methoxy groups -OCH3 is 1. The lowest BCUT2D eigenvalue weighted by Crippen LogP contribution is -2.29. The van der Waals surface area contributed by atoms with Crippen molar-refractivity contribution in [1.29, 1.82) is 0 Å². The number of aliphatic hydroxyl groups excluding tert-OH is 1. The van der Waals surface area contributed by atoms with Crippen molar-refractivity contribution in [2.75, 3.05) is 25.1 Å². The van der Waals surface area contributed by atoms with Crippen LogP contribution in [-0.4, -0.2) is 52.3 Å². The molecule has 1 aliphatic rings. The number of rotatable bonds is 5. The summed E-state index contributed by atoms with van der Waals surface area (Å²) >= 11 is 0. The molecule has 3 heterocycles. The lowest BCUT2D eigenvalue weighted by Gasteiger charge is -2.19. The molecule has 0 bridgehead atoms. The number of anilines is 1. The number of nitrogens with zero attached hydrogens (tertiary/aromatic N) is 4. The molecule has 4 rings (SSSR count). The fraction of sp³-hybridized carbons (Fsp3) is 0.368. The highest BCUT2D eigenvalue weighted by molar-refractivity contribution is 5.96. The van der Waals surface area contributed by atoms with Gasteiger partial charge in [-0.15, -0.1) is 0 Å². The molecular formula is C19H22N4O3. The molecule has 0 aliphatic carbocycles. The average molecular weight is 354 g/mol. The number of pyridine rings is 1. The van der Waals surface area contributed by atoms with Crippen LogP contribution in [0.2, 0.25) is 0 Å². The molecule has 0 spiro atoms. The summed E-state index contributed by atoms with van der Waals surface area (Å²) in [5, 5.41) is 16.7. The monoisotopic (exact) mass is 354 g/mol. The summed E-state index contributed by atoms with van der Waals surface area (Å²) in [5.74, 6) is 2.31. The average Bonchev–Trinajstić information content (AvgIpc) is 3.27. The van der Waals surface area contributed by atoms with Gasteiger partial charge in [0.1, 0.15) is 23.8 Å². The Morgan fingerprint density at radius 2 is 2.12 bits per heavy atom. The Bertz CT molecular complexity index is 911. The van der Waals surface area contributed by atoms with Crippen LogP contribution in [0.5, 0.6) is 11.5 Å². The van der Waals surface area contributed by atoms with Gasteiger partial charge in [0.2, 0.25) is 0 Å². The largest absolute Gasteiger partial charge is 0.496 e. The van der Waals surface area contributed by atoms with Crippen molar-refractivity contribution in [3.8, 4) is 11.5 Å². The van der Waals surface area contributed by atoms with Crippen LogP contribution in [0.15, 0.2) is 42.9 Å². The molecule has 0 saturated carbocycles. The van der Waals surface area contributed by atoms with Gasteiger partial charge in [-0.1, -0.05) is 12.1 Å². The van der Waals surface area contributed by atoms with Gasteiger partial charge in [0.05, 0.1) is 26.0 Å². The Kier molecular flexibility index (Phi) is 4.38. The van der Waals surface area contributed by atoms with Crippen LogP contribution in [-0.2, 0) is 6.54 Å². The summed E-state index contributed by atoms with van der Waals surface area (Å²) in [6.45, 7) is 3.82. The fourth-order valence-electron chi connectivity index (χ4n) is 3.39. The molecule has 1 N–H and O–H groups in total. The van der Waals surface area contributed by atoms with Gasteiger partial charge >= 0.3 is 0 Å². The van der Waals surface area contributed by atoms with Crippen molar-refractivity contribution in [2.24, 2.45) is 0 Å². The molecule has 136 valence electrons. The van der Waals surface area contributed by atoms with E-state index in [1.54, 1.807) is 24.2 Å². The molecule has 1 fully saturated rings. The fourth-order valence-corrected chi connectivity index (χ4v) is 3.39. The van der Waals surface area contributed by atoms with E-state index < -0.39 is 6.10 Å².